The van der Waals surface area contributed by atoms with Crippen LogP contribution in [0.5, 0.6) is 0 Å². The van der Waals surface area contributed by atoms with Crippen molar-refractivity contribution in [2.24, 2.45) is 0 Å². The van der Waals surface area contributed by atoms with Crippen molar-refractivity contribution in [2.45, 2.75) is 32.6 Å². The van der Waals surface area contributed by atoms with Crippen LogP contribution in [0.1, 0.15) is 36.6 Å². The highest BCUT2D eigenvalue weighted by Gasteiger charge is 2.14. The van der Waals surface area contributed by atoms with Gasteiger partial charge in [-0.2, -0.15) is 0 Å². The van der Waals surface area contributed by atoms with Crippen molar-refractivity contribution in [3.8, 4) is 0 Å². The summed E-state index contributed by atoms with van der Waals surface area (Å²) in [6.45, 7) is 5.06. The van der Waals surface area contributed by atoms with Crippen molar-refractivity contribution in [3.63, 3.8) is 0 Å². The minimum atomic E-state index is 0.600. The molecule has 0 bridgehead atoms. The van der Waals surface area contributed by atoms with Crippen LogP contribution >= 0.6 is 11.3 Å². The molecule has 2 heteroatoms. The van der Waals surface area contributed by atoms with Crippen LogP contribution in [0.4, 0.5) is 0 Å². The van der Waals surface area contributed by atoms with Crippen molar-refractivity contribution in [1.82, 2.24) is 5.32 Å². The second kappa shape index (κ2) is 9.49. The van der Waals surface area contributed by atoms with E-state index in [0.717, 1.165) is 13.0 Å². The zero-order valence-electron chi connectivity index (χ0n) is 14.4. The van der Waals surface area contributed by atoms with E-state index in [1.807, 2.05) is 32.2 Å². The van der Waals surface area contributed by atoms with E-state index in [0.29, 0.717) is 5.92 Å². The van der Waals surface area contributed by atoms with Gasteiger partial charge in [-0.05, 0) is 60.1 Å². The number of nitrogens with one attached hydrogen (secondary N) is 1. The summed E-state index contributed by atoms with van der Waals surface area (Å²) in [5.74, 6) is 0.600. The molecule has 0 amide bonds. The predicted octanol–water partition coefficient (Wildman–Crippen LogP) is 5.86. The molecule has 1 atom stereocenters. The molecule has 0 saturated carbocycles. The molecule has 0 radical (unpaired) electrons. The summed E-state index contributed by atoms with van der Waals surface area (Å²) in [4.78, 5) is 1.50. The van der Waals surface area contributed by atoms with Crippen LogP contribution in [0, 0.1) is 0 Å². The standard InChI is InChI=1S/C19H21NS.C2H6/c1-20-12-11-17(19-10-5-13-21-19)14-16-8-4-7-15-6-2-3-9-18(15)16;1-2/h2-10,13,17,20H,11-12,14H2,1H3;1-2H3. The van der Waals surface area contributed by atoms with Gasteiger partial charge in [0.05, 0.1) is 0 Å². The van der Waals surface area contributed by atoms with Crippen LogP contribution in [0.15, 0.2) is 60.0 Å². The predicted molar refractivity (Wildman–Crippen MR) is 105 cm³/mol. The third-order valence-corrected chi connectivity index (χ3v) is 5.07. The number of hydrogen-bond acceptors (Lipinski definition) is 2. The lowest BCUT2D eigenvalue weighted by Crippen LogP contribution is -2.13. The lowest BCUT2D eigenvalue weighted by molar-refractivity contribution is 0.602. The lowest BCUT2D eigenvalue weighted by Gasteiger charge is -2.17. The maximum atomic E-state index is 3.29. The van der Waals surface area contributed by atoms with E-state index in [-0.39, 0.29) is 0 Å². The van der Waals surface area contributed by atoms with Gasteiger partial charge in [0.25, 0.3) is 0 Å². The lowest BCUT2D eigenvalue weighted by atomic mass is 9.91. The summed E-state index contributed by atoms with van der Waals surface area (Å²) >= 11 is 1.88. The van der Waals surface area contributed by atoms with E-state index in [9.17, 15) is 0 Å². The van der Waals surface area contributed by atoms with Gasteiger partial charge in [0, 0.05) is 4.88 Å². The molecule has 122 valence electrons. The van der Waals surface area contributed by atoms with Crippen molar-refractivity contribution >= 4 is 22.1 Å². The van der Waals surface area contributed by atoms with Crippen LogP contribution < -0.4 is 5.32 Å². The fourth-order valence-electron chi connectivity index (χ4n) is 2.92. The number of fused-ring (bicyclic) bond motifs is 1. The molecule has 2 aromatic carbocycles. The summed E-state index contributed by atoms with van der Waals surface area (Å²) < 4.78 is 0. The summed E-state index contributed by atoms with van der Waals surface area (Å²) in [5, 5.41) is 8.21. The molecule has 1 aromatic heterocycles. The Bertz CT molecular complexity index is 683. The Labute approximate surface area is 144 Å². The first-order valence-corrected chi connectivity index (χ1v) is 9.41. The van der Waals surface area contributed by atoms with Crippen LogP contribution in [-0.2, 0) is 6.42 Å². The van der Waals surface area contributed by atoms with Crippen LogP contribution in [0.3, 0.4) is 0 Å². The normalized spacial score (nSPS) is 11.8. The summed E-state index contributed by atoms with van der Waals surface area (Å²) in [7, 11) is 2.03. The maximum Gasteiger partial charge on any atom is 0.00799 e. The van der Waals surface area contributed by atoms with E-state index >= 15 is 0 Å². The molecule has 3 rings (SSSR count). The quantitative estimate of drug-likeness (QED) is 0.598. The fraction of sp³-hybridized carbons (Fsp3) is 0.333. The van der Waals surface area contributed by atoms with Gasteiger partial charge in [-0.15, -0.1) is 11.3 Å². The Balaban J connectivity index is 0.000000924. The highest BCUT2D eigenvalue weighted by Crippen LogP contribution is 2.30. The average Bonchev–Trinajstić information content (AvgIpc) is 3.15. The van der Waals surface area contributed by atoms with Crippen molar-refractivity contribution in [2.75, 3.05) is 13.6 Å². The maximum absolute atomic E-state index is 3.29. The summed E-state index contributed by atoms with van der Waals surface area (Å²) in [6.07, 6.45) is 2.30. The molecule has 23 heavy (non-hydrogen) atoms. The Morgan fingerprint density at radius 1 is 0.957 bits per heavy atom. The molecule has 0 aliphatic carbocycles. The first-order valence-electron chi connectivity index (χ1n) is 8.53. The van der Waals surface area contributed by atoms with Gasteiger partial charge in [-0.25, -0.2) is 0 Å². The zero-order chi connectivity index (χ0) is 16.5. The van der Waals surface area contributed by atoms with Gasteiger partial charge in [0.1, 0.15) is 0 Å². The first kappa shape index (κ1) is 17.7. The molecule has 1 N–H and O–H groups in total. The first-order chi connectivity index (χ1) is 11.4. The highest BCUT2D eigenvalue weighted by molar-refractivity contribution is 7.10. The van der Waals surface area contributed by atoms with Crippen LogP contribution in [0.25, 0.3) is 10.8 Å². The third kappa shape index (κ3) is 4.66. The SMILES string of the molecule is CC.CNCCC(Cc1cccc2ccccc12)c1cccs1. The van der Waals surface area contributed by atoms with Crippen molar-refractivity contribution in [3.05, 3.63) is 70.4 Å². The molecule has 0 saturated heterocycles. The van der Waals surface area contributed by atoms with E-state index in [1.165, 1.54) is 27.6 Å². The molecular formula is C21H27NS. The topological polar surface area (TPSA) is 12.0 Å². The van der Waals surface area contributed by atoms with Gasteiger partial charge in [-0.1, -0.05) is 62.4 Å². The van der Waals surface area contributed by atoms with Gasteiger partial charge < -0.3 is 5.32 Å². The Hall–Kier alpha value is -1.64. The zero-order valence-corrected chi connectivity index (χ0v) is 15.2. The van der Waals surface area contributed by atoms with Gasteiger partial charge >= 0.3 is 0 Å². The van der Waals surface area contributed by atoms with Crippen LogP contribution in [-0.4, -0.2) is 13.6 Å². The third-order valence-electron chi connectivity index (χ3n) is 4.03. The second-order valence-electron chi connectivity index (χ2n) is 5.45. The molecule has 0 aliphatic rings. The molecule has 1 unspecified atom stereocenters. The largest absolute Gasteiger partial charge is 0.320 e. The molecular weight excluding hydrogens is 298 g/mol. The molecule has 0 spiro atoms. The van der Waals surface area contributed by atoms with E-state index in [1.54, 1.807) is 0 Å². The second-order valence-corrected chi connectivity index (χ2v) is 6.43. The molecule has 1 nitrogen and oxygen atoms in total. The molecule has 1 heterocycles. The van der Waals surface area contributed by atoms with Gasteiger partial charge in [-0.3, -0.25) is 0 Å². The minimum Gasteiger partial charge on any atom is -0.320 e. The number of hydrogen-bond donors (Lipinski definition) is 1. The Kier molecular flexibility index (Phi) is 7.31. The molecule has 3 aromatic rings. The Morgan fingerprint density at radius 3 is 2.48 bits per heavy atom. The van der Waals surface area contributed by atoms with E-state index in [2.05, 4.69) is 65.3 Å². The summed E-state index contributed by atoms with van der Waals surface area (Å²) in [5.41, 5.74) is 1.46. The average molecular weight is 326 g/mol. The monoisotopic (exact) mass is 325 g/mol. The van der Waals surface area contributed by atoms with Gasteiger partial charge in [0.15, 0.2) is 0 Å². The molecule has 0 fully saturated rings. The number of rotatable bonds is 6. The number of thiophene rings is 1. The highest BCUT2D eigenvalue weighted by atomic mass is 32.1. The Morgan fingerprint density at radius 2 is 1.74 bits per heavy atom. The van der Waals surface area contributed by atoms with Crippen molar-refractivity contribution in [1.29, 1.82) is 0 Å². The van der Waals surface area contributed by atoms with Crippen molar-refractivity contribution < 1.29 is 0 Å². The summed E-state index contributed by atoms with van der Waals surface area (Å²) in [6, 6.07) is 19.8. The minimum absolute atomic E-state index is 0.600. The smallest absolute Gasteiger partial charge is 0.00799 e. The number of benzene rings is 2. The molecule has 0 aliphatic heterocycles. The van der Waals surface area contributed by atoms with E-state index in [4.69, 9.17) is 0 Å². The fourth-order valence-corrected chi connectivity index (χ4v) is 3.79. The van der Waals surface area contributed by atoms with Gasteiger partial charge in [0.2, 0.25) is 0 Å². The van der Waals surface area contributed by atoms with Crippen LogP contribution in [0.2, 0.25) is 0 Å². The van der Waals surface area contributed by atoms with E-state index < -0.39 is 0 Å².